The Morgan fingerprint density at radius 3 is 2.42 bits per heavy atom. The molecule has 1 aromatic heterocycles. The summed E-state index contributed by atoms with van der Waals surface area (Å²) in [5.74, 6) is 0.584. The number of nitrogens with zero attached hydrogens (tertiary/aromatic N) is 3. The number of para-hydroxylation sites is 2. The van der Waals surface area contributed by atoms with E-state index in [4.69, 9.17) is 9.47 Å². The largest absolute Gasteiger partial charge is 0.493 e. The molecule has 0 atom stereocenters. The van der Waals surface area contributed by atoms with Crippen LogP contribution >= 0.6 is 15.9 Å². The van der Waals surface area contributed by atoms with Gasteiger partial charge in [-0.3, -0.25) is 10.1 Å². The van der Waals surface area contributed by atoms with Crippen LogP contribution in [0.1, 0.15) is 0 Å². The number of nitro groups is 1. The van der Waals surface area contributed by atoms with Crippen LogP contribution in [-0.4, -0.2) is 22.0 Å². The molecule has 1 N–H and O–H groups in total. The van der Waals surface area contributed by atoms with Crippen molar-refractivity contribution in [3.8, 4) is 17.4 Å². The molecule has 1 heterocycles. The molecule has 0 saturated carbocycles. The van der Waals surface area contributed by atoms with Crippen LogP contribution < -0.4 is 14.8 Å². The first-order valence-electron chi connectivity index (χ1n) is 7.41. The molecule has 3 aromatic rings. The Morgan fingerprint density at radius 1 is 1.08 bits per heavy atom. The number of halogens is 1. The Morgan fingerprint density at radius 2 is 1.77 bits per heavy atom. The lowest BCUT2D eigenvalue weighted by atomic mass is 10.3. The molecule has 8 nitrogen and oxygen atoms in total. The van der Waals surface area contributed by atoms with Crippen molar-refractivity contribution in [2.75, 3.05) is 12.4 Å². The van der Waals surface area contributed by atoms with Crippen LogP contribution in [0.5, 0.6) is 17.4 Å². The number of hydrogen-bond donors (Lipinski definition) is 1. The topological polar surface area (TPSA) is 99.4 Å². The first kappa shape index (κ1) is 17.6. The maximum atomic E-state index is 11.6. The second-order valence-corrected chi connectivity index (χ2v) is 5.93. The van der Waals surface area contributed by atoms with Gasteiger partial charge >= 0.3 is 11.6 Å². The van der Waals surface area contributed by atoms with Crippen molar-refractivity contribution >= 4 is 33.1 Å². The molecule has 9 heteroatoms. The van der Waals surface area contributed by atoms with Gasteiger partial charge in [-0.2, -0.15) is 4.98 Å². The van der Waals surface area contributed by atoms with E-state index in [0.29, 0.717) is 17.2 Å². The number of methoxy groups -OCH3 is 1. The molecule has 26 heavy (non-hydrogen) atoms. The molecule has 0 amide bonds. The average molecular weight is 417 g/mol. The summed E-state index contributed by atoms with van der Waals surface area (Å²) in [5, 5.41) is 14.5. The predicted octanol–water partition coefficient (Wildman–Crippen LogP) is 4.69. The fourth-order valence-electron chi connectivity index (χ4n) is 2.17. The molecule has 0 spiro atoms. The maximum absolute atomic E-state index is 11.6. The molecule has 2 aromatic carbocycles. The van der Waals surface area contributed by atoms with Gasteiger partial charge in [0.15, 0.2) is 11.5 Å². The molecule has 0 fully saturated rings. The molecule has 0 unspecified atom stereocenters. The van der Waals surface area contributed by atoms with Crippen molar-refractivity contribution in [1.82, 2.24) is 9.97 Å². The number of benzene rings is 2. The van der Waals surface area contributed by atoms with Crippen LogP contribution in [0, 0.1) is 10.1 Å². The molecule has 3 rings (SSSR count). The number of aromatic nitrogens is 2. The first-order valence-corrected chi connectivity index (χ1v) is 8.20. The van der Waals surface area contributed by atoms with Gasteiger partial charge in [0.1, 0.15) is 6.33 Å². The third kappa shape index (κ3) is 3.89. The molecule has 0 saturated heterocycles. The molecule has 132 valence electrons. The Balaban J connectivity index is 1.98. The van der Waals surface area contributed by atoms with Crippen molar-refractivity contribution in [1.29, 1.82) is 0 Å². The summed E-state index contributed by atoms with van der Waals surface area (Å²) in [7, 11) is 1.48. The molecule has 0 bridgehead atoms. The van der Waals surface area contributed by atoms with E-state index >= 15 is 0 Å². The maximum Gasteiger partial charge on any atom is 0.373 e. The summed E-state index contributed by atoms with van der Waals surface area (Å²) < 4.78 is 11.7. The van der Waals surface area contributed by atoms with Crippen molar-refractivity contribution in [2.45, 2.75) is 0 Å². The van der Waals surface area contributed by atoms with E-state index in [1.807, 2.05) is 12.1 Å². The van der Waals surface area contributed by atoms with Gasteiger partial charge in [-0.25, -0.2) is 4.98 Å². The zero-order valence-electron chi connectivity index (χ0n) is 13.5. The van der Waals surface area contributed by atoms with Gasteiger partial charge in [-0.1, -0.05) is 28.1 Å². The molecule has 0 aliphatic heterocycles. The number of ether oxygens (including phenoxy) is 2. The van der Waals surface area contributed by atoms with Gasteiger partial charge in [0, 0.05) is 10.2 Å². The van der Waals surface area contributed by atoms with E-state index in [2.05, 4.69) is 31.2 Å². The SMILES string of the molecule is COc1ccccc1Oc1ncnc(Nc2ccc(Br)cc2)c1[N+](=O)[O-]. The smallest absolute Gasteiger partial charge is 0.373 e. The van der Waals surface area contributed by atoms with Crippen molar-refractivity contribution in [2.24, 2.45) is 0 Å². The minimum Gasteiger partial charge on any atom is -0.493 e. The van der Waals surface area contributed by atoms with Gasteiger partial charge in [0.2, 0.25) is 5.82 Å². The first-order chi connectivity index (χ1) is 12.6. The van der Waals surface area contributed by atoms with Crippen LogP contribution in [0.15, 0.2) is 59.3 Å². The Labute approximate surface area is 157 Å². The Bertz CT molecular complexity index is 934. The highest BCUT2D eigenvalue weighted by Gasteiger charge is 2.26. The number of rotatable bonds is 6. The summed E-state index contributed by atoms with van der Waals surface area (Å²) in [6, 6.07) is 13.9. The summed E-state index contributed by atoms with van der Waals surface area (Å²) >= 11 is 3.34. The molecule has 0 radical (unpaired) electrons. The van der Waals surface area contributed by atoms with Gasteiger partial charge in [-0.05, 0) is 36.4 Å². The number of anilines is 2. The zero-order valence-corrected chi connectivity index (χ0v) is 15.1. The lowest BCUT2D eigenvalue weighted by Crippen LogP contribution is -2.04. The monoisotopic (exact) mass is 416 g/mol. The number of hydrogen-bond acceptors (Lipinski definition) is 7. The minimum absolute atomic E-state index is 0.0252. The Hall–Kier alpha value is -3.20. The summed E-state index contributed by atoms with van der Waals surface area (Å²) in [4.78, 5) is 18.9. The van der Waals surface area contributed by atoms with E-state index in [-0.39, 0.29) is 17.4 Å². The van der Waals surface area contributed by atoms with Crippen LogP contribution in [0.25, 0.3) is 0 Å². The lowest BCUT2D eigenvalue weighted by Gasteiger charge is -2.11. The van der Waals surface area contributed by atoms with Crippen LogP contribution in [0.2, 0.25) is 0 Å². The highest BCUT2D eigenvalue weighted by atomic mass is 79.9. The second-order valence-electron chi connectivity index (χ2n) is 5.02. The molecule has 0 aliphatic rings. The van der Waals surface area contributed by atoms with Crippen LogP contribution in [0.3, 0.4) is 0 Å². The second kappa shape index (κ2) is 7.79. The summed E-state index contributed by atoms with van der Waals surface area (Å²) in [5.41, 5.74) is 0.263. The molecule has 0 aliphatic carbocycles. The third-order valence-corrected chi connectivity index (χ3v) is 3.88. The normalized spacial score (nSPS) is 10.2. The average Bonchev–Trinajstić information content (AvgIpc) is 2.64. The highest BCUT2D eigenvalue weighted by Crippen LogP contribution is 2.38. The summed E-state index contributed by atoms with van der Waals surface area (Å²) in [6.45, 7) is 0. The van der Waals surface area contributed by atoms with Gasteiger partial charge in [-0.15, -0.1) is 0 Å². The molecular formula is C17H13BrN4O4. The highest BCUT2D eigenvalue weighted by molar-refractivity contribution is 9.10. The van der Waals surface area contributed by atoms with Gasteiger partial charge in [0.05, 0.1) is 12.0 Å². The van der Waals surface area contributed by atoms with Crippen LogP contribution in [-0.2, 0) is 0 Å². The molecular weight excluding hydrogens is 404 g/mol. The van der Waals surface area contributed by atoms with Crippen molar-refractivity contribution in [3.05, 3.63) is 69.4 Å². The standard InChI is InChI=1S/C17H13BrN4O4/c1-25-13-4-2-3-5-14(13)26-17-15(22(23)24)16(19-10-20-17)21-12-8-6-11(18)7-9-12/h2-10H,1H3,(H,19,20,21). The van der Waals surface area contributed by atoms with E-state index in [9.17, 15) is 10.1 Å². The van der Waals surface area contributed by atoms with Gasteiger partial charge in [0.25, 0.3) is 0 Å². The minimum atomic E-state index is -0.591. The quantitative estimate of drug-likeness (QED) is 0.459. The lowest BCUT2D eigenvalue weighted by molar-refractivity contribution is -0.385. The van der Waals surface area contributed by atoms with E-state index in [0.717, 1.165) is 4.47 Å². The van der Waals surface area contributed by atoms with Crippen molar-refractivity contribution in [3.63, 3.8) is 0 Å². The van der Waals surface area contributed by atoms with Crippen LogP contribution in [0.4, 0.5) is 17.2 Å². The zero-order chi connectivity index (χ0) is 18.5. The van der Waals surface area contributed by atoms with Gasteiger partial charge < -0.3 is 14.8 Å². The number of nitrogens with one attached hydrogen (secondary N) is 1. The third-order valence-electron chi connectivity index (χ3n) is 3.35. The predicted molar refractivity (Wildman–Crippen MR) is 99.2 cm³/mol. The van der Waals surface area contributed by atoms with E-state index in [1.54, 1.807) is 36.4 Å². The van der Waals surface area contributed by atoms with E-state index < -0.39 is 4.92 Å². The van der Waals surface area contributed by atoms with E-state index in [1.165, 1.54) is 13.4 Å². The fourth-order valence-corrected chi connectivity index (χ4v) is 2.43. The van der Waals surface area contributed by atoms with Crippen molar-refractivity contribution < 1.29 is 14.4 Å². The Kier molecular flexibility index (Phi) is 5.28. The summed E-state index contributed by atoms with van der Waals surface area (Å²) in [6.07, 6.45) is 1.19. The fraction of sp³-hybridized carbons (Fsp3) is 0.0588.